The molecular weight excluding hydrogens is 272 g/mol. The van der Waals surface area contributed by atoms with Gasteiger partial charge in [-0.2, -0.15) is 0 Å². The van der Waals surface area contributed by atoms with Crippen LogP contribution >= 0.6 is 31.9 Å². The molecule has 0 aromatic rings. The summed E-state index contributed by atoms with van der Waals surface area (Å²) < 4.78 is 5.29. The largest absolute Gasteiger partial charge is 0.381 e. The van der Waals surface area contributed by atoms with Gasteiger partial charge in [-0.1, -0.05) is 44.0 Å². The zero-order valence-electron chi connectivity index (χ0n) is 6.30. The summed E-state index contributed by atoms with van der Waals surface area (Å²) in [6, 6.07) is 0. The first-order valence-corrected chi connectivity index (χ1v) is 5.33. The number of ether oxygens (including phenoxy) is 1. The molecule has 64 valence electrons. The van der Waals surface area contributed by atoms with Crippen molar-refractivity contribution >= 4 is 31.9 Å². The molecule has 1 nitrogen and oxygen atoms in total. The van der Waals surface area contributed by atoms with Crippen LogP contribution in [0.1, 0.15) is 12.8 Å². The molecule has 3 heteroatoms. The predicted molar refractivity (Wildman–Crippen MR) is 56.2 cm³/mol. The van der Waals surface area contributed by atoms with E-state index in [0.717, 1.165) is 26.1 Å². The molecule has 0 heterocycles. The van der Waals surface area contributed by atoms with Gasteiger partial charge >= 0.3 is 0 Å². The molecule has 0 aliphatic heterocycles. The summed E-state index contributed by atoms with van der Waals surface area (Å²) in [7, 11) is 0. The molecule has 0 aromatic heterocycles. The van der Waals surface area contributed by atoms with Crippen LogP contribution in [0.4, 0.5) is 0 Å². The van der Waals surface area contributed by atoms with Gasteiger partial charge in [-0.05, 0) is 22.8 Å². The van der Waals surface area contributed by atoms with Crippen molar-refractivity contribution in [3.63, 3.8) is 0 Å². The maximum Gasteiger partial charge on any atom is 0.0500 e. The third-order valence-corrected chi connectivity index (χ3v) is 1.78. The normalized spacial score (nSPS) is 11.8. The Bertz CT molecular complexity index is 107. The topological polar surface area (TPSA) is 9.23 Å². The van der Waals surface area contributed by atoms with E-state index in [9.17, 15) is 0 Å². The Morgan fingerprint density at radius 1 is 0.909 bits per heavy atom. The van der Waals surface area contributed by atoms with Gasteiger partial charge in [0.2, 0.25) is 0 Å². The van der Waals surface area contributed by atoms with Crippen molar-refractivity contribution in [2.75, 3.05) is 13.2 Å². The fourth-order valence-corrected chi connectivity index (χ4v) is 1.06. The summed E-state index contributed by atoms with van der Waals surface area (Å²) >= 11 is 6.38. The molecule has 0 saturated carbocycles. The summed E-state index contributed by atoms with van der Waals surface area (Å²) in [5.41, 5.74) is 0. The van der Waals surface area contributed by atoms with Crippen molar-refractivity contribution in [3.05, 3.63) is 22.1 Å². The molecule has 0 aromatic carbocycles. The van der Waals surface area contributed by atoms with Gasteiger partial charge in [0.05, 0.1) is 13.2 Å². The molecule has 11 heavy (non-hydrogen) atoms. The molecule has 0 spiro atoms. The maximum absolute atomic E-state index is 5.29. The highest BCUT2D eigenvalue weighted by atomic mass is 79.9. The molecule has 0 bridgehead atoms. The first kappa shape index (κ1) is 11.4. The van der Waals surface area contributed by atoms with E-state index >= 15 is 0 Å². The highest BCUT2D eigenvalue weighted by Crippen LogP contribution is 1.92. The van der Waals surface area contributed by atoms with Crippen LogP contribution in [0.3, 0.4) is 0 Å². The van der Waals surface area contributed by atoms with Gasteiger partial charge in [-0.15, -0.1) is 0 Å². The minimum atomic E-state index is 0.804. The minimum Gasteiger partial charge on any atom is -0.381 e. The van der Waals surface area contributed by atoms with Crippen LogP contribution in [-0.4, -0.2) is 13.2 Å². The molecule has 0 atom stereocenters. The quantitative estimate of drug-likeness (QED) is 0.677. The fraction of sp³-hybridized carbons (Fsp3) is 0.500. The first-order chi connectivity index (χ1) is 5.41. The number of hydrogen-bond donors (Lipinski definition) is 0. The van der Waals surface area contributed by atoms with E-state index in [0.29, 0.717) is 0 Å². The second-order valence-corrected chi connectivity index (χ2v) is 2.97. The Kier molecular flexibility index (Phi) is 10.8. The standard InChI is InChI=1S/C8H12Br2O/c9-5-1-3-7-11-8-4-2-6-10/h1-2,5-6H,3-4,7-8H2. The lowest BCUT2D eigenvalue weighted by molar-refractivity contribution is 0.143. The Labute approximate surface area is 84.8 Å². The second kappa shape index (κ2) is 10.4. The molecule has 0 fully saturated rings. The highest BCUT2D eigenvalue weighted by molar-refractivity contribution is 9.11. The summed E-state index contributed by atoms with van der Waals surface area (Å²) in [6.45, 7) is 1.61. The van der Waals surface area contributed by atoms with Crippen LogP contribution in [0.25, 0.3) is 0 Å². The SMILES string of the molecule is BrC=CCCOCCC=CBr. The lowest BCUT2D eigenvalue weighted by atomic mass is 10.4. The van der Waals surface area contributed by atoms with Crippen molar-refractivity contribution in [1.82, 2.24) is 0 Å². The van der Waals surface area contributed by atoms with Gasteiger partial charge in [0.1, 0.15) is 0 Å². The monoisotopic (exact) mass is 282 g/mol. The predicted octanol–water partition coefficient (Wildman–Crippen LogP) is 3.60. The summed E-state index contributed by atoms with van der Waals surface area (Å²) in [5, 5.41) is 0. The molecule has 0 unspecified atom stereocenters. The second-order valence-electron chi connectivity index (χ2n) is 1.91. The van der Waals surface area contributed by atoms with Gasteiger partial charge < -0.3 is 4.74 Å². The van der Waals surface area contributed by atoms with Crippen LogP contribution < -0.4 is 0 Å². The lowest BCUT2D eigenvalue weighted by Gasteiger charge is -1.97. The molecule has 0 radical (unpaired) electrons. The van der Waals surface area contributed by atoms with Gasteiger partial charge in [-0.3, -0.25) is 0 Å². The fourth-order valence-electron chi connectivity index (χ4n) is 0.531. The van der Waals surface area contributed by atoms with Crippen molar-refractivity contribution < 1.29 is 4.74 Å². The van der Waals surface area contributed by atoms with Gasteiger partial charge in [0.15, 0.2) is 0 Å². The highest BCUT2D eigenvalue weighted by Gasteiger charge is 1.82. The third kappa shape index (κ3) is 10.4. The van der Waals surface area contributed by atoms with Crippen LogP contribution in [-0.2, 0) is 4.74 Å². The maximum atomic E-state index is 5.29. The zero-order valence-corrected chi connectivity index (χ0v) is 9.47. The first-order valence-electron chi connectivity index (χ1n) is 3.50. The van der Waals surface area contributed by atoms with E-state index in [-0.39, 0.29) is 0 Å². The van der Waals surface area contributed by atoms with E-state index in [4.69, 9.17) is 4.74 Å². The Hall–Kier alpha value is 0.400. The van der Waals surface area contributed by atoms with Crippen LogP contribution in [0.5, 0.6) is 0 Å². The zero-order chi connectivity index (χ0) is 8.36. The van der Waals surface area contributed by atoms with E-state index in [1.807, 2.05) is 22.1 Å². The van der Waals surface area contributed by atoms with Gasteiger partial charge in [-0.25, -0.2) is 0 Å². The number of halogens is 2. The Balaban J connectivity index is 2.90. The molecule has 0 aliphatic carbocycles. The number of hydrogen-bond acceptors (Lipinski definition) is 1. The molecule has 0 saturated heterocycles. The van der Waals surface area contributed by atoms with Crippen LogP contribution in [0, 0.1) is 0 Å². The van der Waals surface area contributed by atoms with E-state index in [1.54, 1.807) is 0 Å². The minimum absolute atomic E-state index is 0.804. The molecule has 0 N–H and O–H groups in total. The summed E-state index contributed by atoms with van der Waals surface area (Å²) in [6.07, 6.45) is 6.01. The van der Waals surface area contributed by atoms with Gasteiger partial charge in [0, 0.05) is 0 Å². The third-order valence-electron chi connectivity index (χ3n) is 1.04. The number of rotatable bonds is 6. The average molecular weight is 284 g/mol. The van der Waals surface area contributed by atoms with Crippen molar-refractivity contribution in [2.24, 2.45) is 0 Å². The lowest BCUT2D eigenvalue weighted by Crippen LogP contribution is -1.93. The van der Waals surface area contributed by atoms with Crippen LogP contribution in [0.2, 0.25) is 0 Å². The van der Waals surface area contributed by atoms with Crippen molar-refractivity contribution in [1.29, 1.82) is 0 Å². The Morgan fingerprint density at radius 3 is 1.73 bits per heavy atom. The van der Waals surface area contributed by atoms with Gasteiger partial charge in [0.25, 0.3) is 0 Å². The average Bonchev–Trinajstić information content (AvgIpc) is 2.03. The van der Waals surface area contributed by atoms with E-state index in [2.05, 4.69) is 31.9 Å². The van der Waals surface area contributed by atoms with Crippen LogP contribution in [0.15, 0.2) is 22.1 Å². The van der Waals surface area contributed by atoms with E-state index in [1.165, 1.54) is 0 Å². The molecule has 0 amide bonds. The molecular formula is C8H12Br2O. The van der Waals surface area contributed by atoms with Crippen molar-refractivity contribution in [2.45, 2.75) is 12.8 Å². The van der Waals surface area contributed by atoms with Crippen molar-refractivity contribution in [3.8, 4) is 0 Å². The summed E-state index contributed by atoms with van der Waals surface area (Å²) in [5.74, 6) is 0. The summed E-state index contributed by atoms with van der Waals surface area (Å²) in [4.78, 5) is 3.71. The smallest absolute Gasteiger partial charge is 0.0500 e. The van der Waals surface area contributed by atoms with E-state index < -0.39 is 0 Å². The Morgan fingerprint density at radius 2 is 1.36 bits per heavy atom. The molecule has 0 rings (SSSR count). The molecule has 0 aliphatic rings.